The summed E-state index contributed by atoms with van der Waals surface area (Å²) in [6.07, 6.45) is -0.348. The monoisotopic (exact) mass is 173 g/mol. The van der Waals surface area contributed by atoms with Gasteiger partial charge in [-0.05, 0) is 6.92 Å². The van der Waals surface area contributed by atoms with Gasteiger partial charge in [-0.2, -0.15) is 0 Å². The first-order valence-electron chi connectivity index (χ1n) is 4.46. The molecule has 1 fully saturated rings. The molecule has 1 N–H and O–H groups in total. The van der Waals surface area contributed by atoms with Crippen molar-refractivity contribution >= 4 is 0 Å². The third-order valence-electron chi connectivity index (χ3n) is 2.34. The van der Waals surface area contributed by atoms with E-state index in [-0.39, 0.29) is 12.8 Å². The van der Waals surface area contributed by atoms with Crippen molar-refractivity contribution in [1.82, 2.24) is 9.80 Å². The van der Waals surface area contributed by atoms with Gasteiger partial charge in [-0.15, -0.1) is 0 Å². The van der Waals surface area contributed by atoms with Gasteiger partial charge >= 0.3 is 0 Å². The fourth-order valence-electron chi connectivity index (χ4n) is 1.49. The van der Waals surface area contributed by atoms with Crippen molar-refractivity contribution in [1.29, 1.82) is 0 Å². The van der Waals surface area contributed by atoms with Crippen molar-refractivity contribution in [2.75, 3.05) is 39.3 Å². The average Bonchev–Trinajstić information content (AvgIpc) is 2.06. The molecule has 1 radical (unpaired) electrons. The van der Waals surface area contributed by atoms with Crippen LogP contribution in [0.15, 0.2) is 0 Å². The molecule has 4 nitrogen and oxygen atoms in total. The Bertz CT molecular complexity index is 122. The predicted octanol–water partition coefficient (Wildman–Crippen LogP) is -0.627. The van der Waals surface area contributed by atoms with Gasteiger partial charge in [0.25, 0.3) is 0 Å². The zero-order valence-corrected chi connectivity index (χ0v) is 7.57. The van der Waals surface area contributed by atoms with E-state index >= 15 is 0 Å². The van der Waals surface area contributed by atoms with Crippen LogP contribution in [0.5, 0.6) is 0 Å². The maximum atomic E-state index is 10.3. The van der Waals surface area contributed by atoms with Gasteiger partial charge in [0.2, 0.25) is 0 Å². The second-order valence-electron chi connectivity index (χ2n) is 3.21. The largest absolute Gasteiger partial charge is 0.379 e. The number of hydrogen-bond donors (Lipinski definition) is 1. The van der Waals surface area contributed by atoms with E-state index in [0.29, 0.717) is 6.54 Å². The molecule has 0 aliphatic carbocycles. The number of hydrogen-bond acceptors (Lipinski definition) is 3. The topological polar surface area (TPSA) is 46.6 Å². The molecule has 0 bridgehead atoms. The van der Waals surface area contributed by atoms with Gasteiger partial charge in [0.05, 0.1) is 6.61 Å². The van der Waals surface area contributed by atoms with Crippen molar-refractivity contribution in [3.63, 3.8) is 0 Å². The summed E-state index contributed by atoms with van der Waals surface area (Å²) in [4.78, 5) is 4.16. The molecule has 12 heavy (non-hydrogen) atoms. The average molecular weight is 173 g/mol. The Morgan fingerprint density at radius 2 is 1.92 bits per heavy atom. The zero-order valence-electron chi connectivity index (χ0n) is 7.57. The highest BCUT2D eigenvalue weighted by atomic mass is 16.3. The summed E-state index contributed by atoms with van der Waals surface area (Å²) < 4.78 is 0. The van der Waals surface area contributed by atoms with Gasteiger partial charge in [0.15, 0.2) is 0 Å². The molecule has 1 rings (SSSR count). The molecule has 71 valence electrons. The molecule has 4 heteroatoms. The number of aliphatic hydroxyl groups is 1. The van der Waals surface area contributed by atoms with Gasteiger partial charge in [-0.25, -0.2) is 5.11 Å². The molecule has 1 saturated heterocycles. The number of rotatable bonds is 3. The molecule has 0 aromatic carbocycles. The van der Waals surface area contributed by atoms with E-state index < -0.39 is 0 Å². The van der Waals surface area contributed by atoms with Gasteiger partial charge in [-0.1, -0.05) is 0 Å². The minimum Gasteiger partial charge on any atom is -0.379 e. The minimum atomic E-state index is -0.348. The van der Waals surface area contributed by atoms with Crippen LogP contribution >= 0.6 is 0 Å². The Morgan fingerprint density at radius 3 is 2.33 bits per heavy atom. The van der Waals surface area contributed by atoms with E-state index in [2.05, 4.69) is 4.90 Å². The van der Waals surface area contributed by atoms with Crippen molar-refractivity contribution in [3.05, 3.63) is 0 Å². The van der Waals surface area contributed by atoms with E-state index in [1.807, 2.05) is 4.90 Å². The van der Waals surface area contributed by atoms with Gasteiger partial charge in [0.1, 0.15) is 6.23 Å². The lowest BCUT2D eigenvalue weighted by Crippen LogP contribution is -2.50. The maximum Gasteiger partial charge on any atom is 0.104 e. The smallest absolute Gasteiger partial charge is 0.104 e. The zero-order chi connectivity index (χ0) is 8.97. The Kier molecular flexibility index (Phi) is 3.94. The first-order valence-corrected chi connectivity index (χ1v) is 4.46. The highest BCUT2D eigenvalue weighted by molar-refractivity contribution is 4.71. The van der Waals surface area contributed by atoms with Crippen LogP contribution in [0.25, 0.3) is 0 Å². The lowest BCUT2D eigenvalue weighted by molar-refractivity contribution is -0.0166. The summed E-state index contributed by atoms with van der Waals surface area (Å²) in [5.74, 6) is 0. The molecule has 1 aliphatic heterocycles. The van der Waals surface area contributed by atoms with Crippen LogP contribution in [0.4, 0.5) is 0 Å². The molecular formula is C8H17N2O2. The summed E-state index contributed by atoms with van der Waals surface area (Å²) in [6.45, 7) is 5.97. The third-order valence-corrected chi connectivity index (χ3v) is 2.34. The van der Waals surface area contributed by atoms with Crippen LogP contribution in [0.1, 0.15) is 6.92 Å². The maximum absolute atomic E-state index is 10.3. The second-order valence-corrected chi connectivity index (χ2v) is 3.21. The summed E-state index contributed by atoms with van der Waals surface area (Å²) in [7, 11) is 0. The summed E-state index contributed by atoms with van der Waals surface area (Å²) >= 11 is 0. The van der Waals surface area contributed by atoms with E-state index in [1.54, 1.807) is 6.92 Å². The SMILES string of the molecule is CC(O)N1CCN(CC[O])CC1. The lowest BCUT2D eigenvalue weighted by Gasteiger charge is -2.35. The number of aliphatic hydroxyl groups excluding tert-OH is 1. The van der Waals surface area contributed by atoms with Crippen LogP contribution in [0.2, 0.25) is 0 Å². The van der Waals surface area contributed by atoms with Crippen LogP contribution in [-0.2, 0) is 5.11 Å². The van der Waals surface area contributed by atoms with Crippen LogP contribution in [0, 0.1) is 0 Å². The Labute approximate surface area is 73.4 Å². The molecule has 0 aromatic rings. The second kappa shape index (κ2) is 4.77. The Balaban J connectivity index is 2.20. The normalized spacial score (nSPS) is 24.2. The first-order chi connectivity index (χ1) is 5.74. The summed E-state index contributed by atoms with van der Waals surface area (Å²) in [5, 5.41) is 19.5. The highest BCUT2D eigenvalue weighted by Crippen LogP contribution is 2.03. The van der Waals surface area contributed by atoms with Crippen molar-refractivity contribution in [2.45, 2.75) is 13.2 Å². The fourth-order valence-corrected chi connectivity index (χ4v) is 1.49. The number of nitrogens with zero attached hydrogens (tertiary/aromatic N) is 2. The molecule has 0 saturated carbocycles. The van der Waals surface area contributed by atoms with Gasteiger partial charge in [-0.3, -0.25) is 9.80 Å². The third kappa shape index (κ3) is 2.71. The van der Waals surface area contributed by atoms with Crippen molar-refractivity contribution < 1.29 is 10.2 Å². The van der Waals surface area contributed by atoms with Gasteiger partial charge in [0, 0.05) is 32.7 Å². The van der Waals surface area contributed by atoms with Crippen molar-refractivity contribution in [3.8, 4) is 0 Å². The van der Waals surface area contributed by atoms with Crippen LogP contribution in [-0.4, -0.2) is 60.5 Å². The van der Waals surface area contributed by atoms with Crippen molar-refractivity contribution in [2.24, 2.45) is 0 Å². The molecule has 1 heterocycles. The Hall–Kier alpha value is -0.160. The lowest BCUT2D eigenvalue weighted by atomic mass is 10.3. The number of piperazine rings is 1. The van der Waals surface area contributed by atoms with E-state index in [0.717, 1.165) is 26.2 Å². The van der Waals surface area contributed by atoms with Crippen LogP contribution in [0.3, 0.4) is 0 Å². The minimum absolute atomic E-state index is 0.0192. The highest BCUT2D eigenvalue weighted by Gasteiger charge is 2.18. The molecule has 0 aromatic heterocycles. The fraction of sp³-hybridized carbons (Fsp3) is 1.00. The van der Waals surface area contributed by atoms with Gasteiger partial charge < -0.3 is 5.11 Å². The summed E-state index contributed by atoms with van der Waals surface area (Å²) in [6, 6.07) is 0. The predicted molar refractivity (Wildman–Crippen MR) is 45.2 cm³/mol. The van der Waals surface area contributed by atoms with E-state index in [1.165, 1.54) is 0 Å². The van der Waals surface area contributed by atoms with Crippen LogP contribution < -0.4 is 0 Å². The molecule has 0 amide bonds. The molecule has 1 aliphatic rings. The molecule has 1 unspecified atom stereocenters. The standard InChI is InChI=1S/C8H17N2O2/c1-8(12)10-4-2-9(3-5-10)6-7-11/h8,12H,2-7H2,1H3. The molecular weight excluding hydrogens is 156 g/mol. The first kappa shape index (κ1) is 9.92. The quantitative estimate of drug-likeness (QED) is 0.618. The Morgan fingerprint density at radius 1 is 1.33 bits per heavy atom. The van der Waals surface area contributed by atoms with E-state index in [4.69, 9.17) is 0 Å². The summed E-state index contributed by atoms with van der Waals surface area (Å²) in [5.41, 5.74) is 0. The van der Waals surface area contributed by atoms with E-state index in [9.17, 15) is 10.2 Å². The molecule has 1 atom stereocenters. The molecule has 0 spiro atoms.